The normalized spacial score (nSPS) is 25.3. The highest BCUT2D eigenvalue weighted by atomic mass is 35.5. The third kappa shape index (κ3) is 3.16. The summed E-state index contributed by atoms with van der Waals surface area (Å²) in [7, 11) is 2.16. The van der Waals surface area contributed by atoms with Gasteiger partial charge in [-0.3, -0.25) is 0 Å². The molecule has 0 spiro atoms. The molecule has 3 nitrogen and oxygen atoms in total. The van der Waals surface area contributed by atoms with Gasteiger partial charge in [0.05, 0.1) is 0 Å². The first-order valence-electron chi connectivity index (χ1n) is 6.46. The van der Waals surface area contributed by atoms with Gasteiger partial charge in [0.25, 0.3) is 0 Å². The molecular formula is C14H21ClN2O. The van der Waals surface area contributed by atoms with Crippen molar-refractivity contribution in [3.05, 3.63) is 28.8 Å². The van der Waals surface area contributed by atoms with Crippen molar-refractivity contribution in [3.63, 3.8) is 0 Å². The minimum Gasteiger partial charge on any atom is -0.508 e. The van der Waals surface area contributed by atoms with Crippen molar-refractivity contribution in [2.24, 2.45) is 5.92 Å². The maximum atomic E-state index is 9.80. The zero-order valence-electron chi connectivity index (χ0n) is 11.0. The van der Waals surface area contributed by atoms with E-state index in [1.165, 1.54) is 0 Å². The average molecular weight is 269 g/mol. The van der Waals surface area contributed by atoms with E-state index in [1.54, 1.807) is 12.1 Å². The number of hydrogen-bond acceptors (Lipinski definition) is 3. The largest absolute Gasteiger partial charge is 0.508 e. The van der Waals surface area contributed by atoms with Gasteiger partial charge in [-0.2, -0.15) is 0 Å². The van der Waals surface area contributed by atoms with Crippen LogP contribution in [0.1, 0.15) is 18.9 Å². The van der Waals surface area contributed by atoms with Crippen LogP contribution in [0.4, 0.5) is 0 Å². The Kier molecular flexibility index (Phi) is 4.49. The van der Waals surface area contributed by atoms with Gasteiger partial charge in [-0.25, -0.2) is 0 Å². The average Bonchev–Trinajstić information content (AvgIpc) is 2.31. The fourth-order valence-corrected chi connectivity index (χ4v) is 2.85. The molecule has 2 rings (SSSR count). The molecule has 2 atom stereocenters. The number of nitrogens with one attached hydrogen (secondary N) is 1. The molecule has 0 radical (unpaired) electrons. The first-order valence-corrected chi connectivity index (χ1v) is 6.84. The minimum atomic E-state index is 0.274. The summed E-state index contributed by atoms with van der Waals surface area (Å²) in [5.74, 6) is 0.893. The van der Waals surface area contributed by atoms with E-state index in [-0.39, 0.29) is 5.75 Å². The maximum Gasteiger partial charge on any atom is 0.121 e. The predicted molar refractivity (Wildman–Crippen MR) is 75.0 cm³/mol. The lowest BCUT2D eigenvalue weighted by molar-refractivity contribution is 0.174. The number of rotatable bonds is 3. The number of nitrogens with zero attached hydrogens (tertiary/aromatic N) is 1. The Bertz CT molecular complexity index is 391. The Hall–Kier alpha value is -0.770. The quantitative estimate of drug-likeness (QED) is 0.884. The molecule has 0 saturated carbocycles. The SMILES string of the molecule is CC1CN(C)CCC1NCc1c(O)cccc1Cl. The highest BCUT2D eigenvalue weighted by Gasteiger charge is 2.23. The number of hydrogen-bond donors (Lipinski definition) is 2. The summed E-state index contributed by atoms with van der Waals surface area (Å²) >= 11 is 6.10. The summed E-state index contributed by atoms with van der Waals surface area (Å²) in [4.78, 5) is 2.36. The number of phenolic OH excluding ortho intramolecular Hbond substituents is 1. The van der Waals surface area contributed by atoms with Gasteiger partial charge in [0.1, 0.15) is 5.75 Å². The third-order valence-electron chi connectivity index (χ3n) is 3.74. The van der Waals surface area contributed by atoms with Crippen molar-refractivity contribution < 1.29 is 5.11 Å². The molecule has 0 amide bonds. The molecule has 4 heteroatoms. The van der Waals surface area contributed by atoms with Crippen LogP contribution >= 0.6 is 11.6 Å². The number of aromatic hydroxyl groups is 1. The van der Waals surface area contributed by atoms with Crippen molar-refractivity contribution >= 4 is 11.6 Å². The number of halogens is 1. The second kappa shape index (κ2) is 5.91. The van der Waals surface area contributed by atoms with Crippen LogP contribution in [0.3, 0.4) is 0 Å². The zero-order valence-corrected chi connectivity index (χ0v) is 11.7. The van der Waals surface area contributed by atoms with Gasteiger partial charge < -0.3 is 15.3 Å². The third-order valence-corrected chi connectivity index (χ3v) is 4.10. The molecule has 1 heterocycles. The molecule has 1 fully saturated rings. The van der Waals surface area contributed by atoms with Crippen molar-refractivity contribution in [1.29, 1.82) is 0 Å². The molecule has 0 aromatic heterocycles. The van der Waals surface area contributed by atoms with Gasteiger partial charge in [0, 0.05) is 29.7 Å². The van der Waals surface area contributed by atoms with Crippen LogP contribution in [0.5, 0.6) is 5.75 Å². The highest BCUT2D eigenvalue weighted by molar-refractivity contribution is 6.31. The fourth-order valence-electron chi connectivity index (χ4n) is 2.61. The number of piperidine rings is 1. The molecule has 2 unspecified atom stereocenters. The van der Waals surface area contributed by atoms with Gasteiger partial charge >= 0.3 is 0 Å². The Morgan fingerprint density at radius 3 is 2.94 bits per heavy atom. The lowest BCUT2D eigenvalue weighted by atomic mass is 9.94. The number of phenols is 1. The van der Waals surface area contributed by atoms with E-state index in [2.05, 4.69) is 24.2 Å². The molecule has 1 aromatic carbocycles. The van der Waals surface area contributed by atoms with E-state index in [0.29, 0.717) is 23.5 Å². The lowest BCUT2D eigenvalue weighted by Crippen LogP contribution is -2.46. The summed E-state index contributed by atoms with van der Waals surface area (Å²) in [5.41, 5.74) is 0.797. The van der Waals surface area contributed by atoms with Crippen LogP contribution in [-0.2, 0) is 6.54 Å². The minimum absolute atomic E-state index is 0.274. The van der Waals surface area contributed by atoms with Crippen LogP contribution in [0.15, 0.2) is 18.2 Å². The van der Waals surface area contributed by atoms with Gasteiger partial charge in [-0.1, -0.05) is 24.6 Å². The monoisotopic (exact) mass is 268 g/mol. The molecule has 1 aromatic rings. The molecule has 2 N–H and O–H groups in total. The van der Waals surface area contributed by atoms with E-state index in [4.69, 9.17) is 11.6 Å². The van der Waals surface area contributed by atoms with Crippen molar-refractivity contribution in [3.8, 4) is 5.75 Å². The molecule has 1 saturated heterocycles. The van der Waals surface area contributed by atoms with E-state index >= 15 is 0 Å². The summed E-state index contributed by atoms with van der Waals surface area (Å²) in [5, 5.41) is 13.9. The van der Waals surface area contributed by atoms with Gasteiger partial charge in [-0.15, -0.1) is 0 Å². The Labute approximate surface area is 114 Å². The fraction of sp³-hybridized carbons (Fsp3) is 0.571. The van der Waals surface area contributed by atoms with Crippen LogP contribution in [0.25, 0.3) is 0 Å². The first kappa shape index (κ1) is 13.7. The van der Waals surface area contributed by atoms with Crippen molar-refractivity contribution in [2.45, 2.75) is 25.9 Å². The molecule has 0 aliphatic carbocycles. The second-order valence-electron chi connectivity index (χ2n) is 5.25. The van der Waals surface area contributed by atoms with E-state index in [1.807, 2.05) is 6.07 Å². The predicted octanol–water partition coefficient (Wildman–Crippen LogP) is 2.48. The van der Waals surface area contributed by atoms with Gasteiger partial charge in [-0.05, 0) is 38.1 Å². The van der Waals surface area contributed by atoms with Gasteiger partial charge in [0.15, 0.2) is 0 Å². The Morgan fingerprint density at radius 1 is 1.50 bits per heavy atom. The van der Waals surface area contributed by atoms with Crippen LogP contribution < -0.4 is 5.32 Å². The molecule has 1 aliphatic rings. The summed E-state index contributed by atoms with van der Waals surface area (Å²) in [6.07, 6.45) is 1.14. The lowest BCUT2D eigenvalue weighted by Gasteiger charge is -2.35. The van der Waals surface area contributed by atoms with Crippen LogP contribution in [0, 0.1) is 5.92 Å². The number of benzene rings is 1. The first-order chi connectivity index (χ1) is 8.58. The number of likely N-dealkylation sites (tertiary alicyclic amines) is 1. The molecule has 100 valence electrons. The van der Waals surface area contributed by atoms with Gasteiger partial charge in [0.2, 0.25) is 0 Å². The highest BCUT2D eigenvalue weighted by Crippen LogP contribution is 2.25. The zero-order chi connectivity index (χ0) is 13.1. The molecule has 0 bridgehead atoms. The smallest absolute Gasteiger partial charge is 0.121 e. The topological polar surface area (TPSA) is 35.5 Å². The van der Waals surface area contributed by atoms with Crippen molar-refractivity contribution in [2.75, 3.05) is 20.1 Å². The Balaban J connectivity index is 1.95. The molecule has 1 aliphatic heterocycles. The summed E-state index contributed by atoms with van der Waals surface area (Å²) < 4.78 is 0. The summed E-state index contributed by atoms with van der Waals surface area (Å²) in [6.45, 7) is 5.13. The maximum absolute atomic E-state index is 9.80. The summed E-state index contributed by atoms with van der Waals surface area (Å²) in [6, 6.07) is 5.76. The molecule has 18 heavy (non-hydrogen) atoms. The standard InChI is InChI=1S/C14H21ClN2O/c1-10-9-17(2)7-6-13(10)16-8-11-12(15)4-3-5-14(11)18/h3-5,10,13,16,18H,6-9H2,1-2H3. The molecular weight excluding hydrogens is 248 g/mol. The Morgan fingerprint density at radius 2 is 2.28 bits per heavy atom. The van der Waals surface area contributed by atoms with Crippen LogP contribution in [-0.4, -0.2) is 36.2 Å². The van der Waals surface area contributed by atoms with Crippen LogP contribution in [0.2, 0.25) is 5.02 Å². The van der Waals surface area contributed by atoms with E-state index in [9.17, 15) is 5.11 Å². The van der Waals surface area contributed by atoms with Crippen molar-refractivity contribution in [1.82, 2.24) is 10.2 Å². The van der Waals surface area contributed by atoms with E-state index in [0.717, 1.165) is 25.1 Å². The van der Waals surface area contributed by atoms with E-state index < -0.39 is 0 Å². The second-order valence-corrected chi connectivity index (χ2v) is 5.66.